The number of carbonyl (C=O) groups excluding carboxylic acids is 1. The largest absolute Gasteiger partial charge is 0.493 e. The monoisotopic (exact) mass is 331 g/mol. The minimum absolute atomic E-state index is 0.149. The number of rotatable bonds is 7. The van der Waals surface area contributed by atoms with Crippen LogP contribution >= 0.6 is 0 Å². The van der Waals surface area contributed by atoms with Crippen molar-refractivity contribution in [3.8, 4) is 11.5 Å². The third-order valence-corrected chi connectivity index (χ3v) is 3.41. The fourth-order valence-electron chi connectivity index (χ4n) is 2.11. The molecule has 0 spiro atoms. The maximum atomic E-state index is 12.2. The zero-order valence-corrected chi connectivity index (χ0v) is 14.0. The summed E-state index contributed by atoms with van der Waals surface area (Å²) in [4.78, 5) is 23.1. The molecule has 1 unspecified atom stereocenters. The van der Waals surface area contributed by atoms with Gasteiger partial charge in [0, 0.05) is 6.07 Å². The molecule has 0 saturated carbocycles. The van der Waals surface area contributed by atoms with Gasteiger partial charge < -0.3 is 14.8 Å². The minimum Gasteiger partial charge on any atom is -0.493 e. The predicted octanol–water partition coefficient (Wildman–Crippen LogP) is 2.06. The first-order valence-electron chi connectivity index (χ1n) is 7.72. The van der Waals surface area contributed by atoms with Crippen LogP contribution in [0.25, 0.3) is 0 Å². The predicted molar refractivity (Wildman–Crippen MR) is 89.5 cm³/mol. The summed E-state index contributed by atoms with van der Waals surface area (Å²) >= 11 is 0. The molecule has 0 bridgehead atoms. The fraction of sp³-hybridized carbons (Fsp3) is 0.353. The third-order valence-electron chi connectivity index (χ3n) is 3.41. The van der Waals surface area contributed by atoms with Gasteiger partial charge in [-0.2, -0.15) is 5.10 Å². The number of carbonyl (C=O) groups is 1. The second kappa shape index (κ2) is 8.14. The number of hydrogen-bond donors (Lipinski definition) is 2. The van der Waals surface area contributed by atoms with Crippen LogP contribution in [-0.4, -0.2) is 29.8 Å². The first-order valence-corrected chi connectivity index (χ1v) is 7.72. The Hall–Kier alpha value is -2.83. The normalized spacial score (nSPS) is 11.6. The number of ether oxygens (including phenoxy) is 2. The Morgan fingerprint density at radius 1 is 1.29 bits per heavy atom. The minimum atomic E-state index is -0.371. The highest BCUT2D eigenvalue weighted by Gasteiger charge is 2.15. The molecule has 7 nitrogen and oxygen atoms in total. The van der Waals surface area contributed by atoms with Gasteiger partial charge in [0.1, 0.15) is 5.69 Å². The van der Waals surface area contributed by atoms with E-state index in [1.165, 1.54) is 12.1 Å². The molecule has 1 heterocycles. The van der Waals surface area contributed by atoms with Gasteiger partial charge in [-0.1, -0.05) is 13.0 Å². The Morgan fingerprint density at radius 3 is 2.71 bits per heavy atom. The summed E-state index contributed by atoms with van der Waals surface area (Å²) in [6.07, 6.45) is 0.906. The summed E-state index contributed by atoms with van der Waals surface area (Å²) in [5, 5.41) is 8.77. The molecule has 0 aliphatic heterocycles. The Morgan fingerprint density at radius 2 is 2.08 bits per heavy atom. The van der Waals surface area contributed by atoms with Crippen molar-refractivity contribution in [2.45, 2.75) is 26.3 Å². The molecule has 0 aliphatic carbocycles. The number of H-pyrrole nitrogens is 1. The smallest absolute Gasteiger partial charge is 0.272 e. The van der Waals surface area contributed by atoms with Crippen molar-refractivity contribution >= 4 is 5.91 Å². The number of aromatic nitrogens is 2. The molecule has 24 heavy (non-hydrogen) atoms. The molecule has 7 heteroatoms. The van der Waals surface area contributed by atoms with Crippen LogP contribution in [0.2, 0.25) is 0 Å². The highest BCUT2D eigenvalue weighted by molar-refractivity contribution is 5.92. The van der Waals surface area contributed by atoms with Gasteiger partial charge in [-0.25, -0.2) is 5.10 Å². The van der Waals surface area contributed by atoms with Crippen molar-refractivity contribution in [3.05, 3.63) is 51.9 Å². The molecule has 0 aliphatic rings. The lowest BCUT2D eigenvalue weighted by Gasteiger charge is -2.17. The third kappa shape index (κ3) is 4.34. The average molecular weight is 331 g/mol. The van der Waals surface area contributed by atoms with Gasteiger partial charge in [-0.3, -0.25) is 9.59 Å². The van der Waals surface area contributed by atoms with Gasteiger partial charge in [0.15, 0.2) is 11.5 Å². The molecule has 0 saturated heterocycles. The lowest BCUT2D eigenvalue weighted by Crippen LogP contribution is -2.28. The first kappa shape index (κ1) is 17.5. The average Bonchev–Trinajstić information content (AvgIpc) is 2.60. The van der Waals surface area contributed by atoms with E-state index in [1.807, 2.05) is 32.0 Å². The number of nitrogens with zero attached hydrogens (tertiary/aromatic N) is 1. The van der Waals surface area contributed by atoms with Crippen molar-refractivity contribution in [2.24, 2.45) is 0 Å². The summed E-state index contributed by atoms with van der Waals surface area (Å²) in [5.41, 5.74) is 0.664. The van der Waals surface area contributed by atoms with Crippen LogP contribution in [0.1, 0.15) is 42.4 Å². The van der Waals surface area contributed by atoms with Crippen molar-refractivity contribution in [1.82, 2.24) is 15.5 Å². The molecule has 2 rings (SSSR count). The van der Waals surface area contributed by atoms with E-state index in [9.17, 15) is 9.59 Å². The van der Waals surface area contributed by atoms with Gasteiger partial charge in [-0.15, -0.1) is 0 Å². The van der Waals surface area contributed by atoms with Crippen molar-refractivity contribution in [3.63, 3.8) is 0 Å². The SMILES string of the molecule is CCCOc1ccc(C(C)NC(=O)c2ccc(=O)[nH]n2)cc1OC. The zero-order valence-electron chi connectivity index (χ0n) is 14.0. The second-order valence-electron chi connectivity index (χ2n) is 5.26. The molecule has 1 aromatic carbocycles. The maximum Gasteiger partial charge on any atom is 0.272 e. The van der Waals surface area contributed by atoms with E-state index in [1.54, 1.807) is 7.11 Å². The summed E-state index contributed by atoms with van der Waals surface area (Å²) in [7, 11) is 1.57. The van der Waals surface area contributed by atoms with E-state index < -0.39 is 0 Å². The topological polar surface area (TPSA) is 93.3 Å². The number of methoxy groups -OCH3 is 1. The molecule has 1 aromatic heterocycles. The van der Waals surface area contributed by atoms with Crippen LogP contribution in [0.3, 0.4) is 0 Å². The summed E-state index contributed by atoms with van der Waals surface area (Å²) in [6, 6.07) is 7.90. The first-order chi connectivity index (χ1) is 11.5. The van der Waals surface area contributed by atoms with E-state index in [4.69, 9.17) is 9.47 Å². The molecule has 1 amide bonds. The Balaban J connectivity index is 2.11. The number of hydrogen-bond acceptors (Lipinski definition) is 5. The van der Waals surface area contributed by atoms with Crippen LogP contribution in [0.15, 0.2) is 35.1 Å². The molecular formula is C17H21N3O4. The summed E-state index contributed by atoms with van der Waals surface area (Å²) in [5.74, 6) is 0.914. The van der Waals surface area contributed by atoms with E-state index in [2.05, 4.69) is 15.5 Å². The fourth-order valence-corrected chi connectivity index (χ4v) is 2.11. The van der Waals surface area contributed by atoms with E-state index >= 15 is 0 Å². The molecule has 1 atom stereocenters. The number of aromatic amines is 1. The molecular weight excluding hydrogens is 310 g/mol. The highest BCUT2D eigenvalue weighted by Crippen LogP contribution is 2.30. The van der Waals surface area contributed by atoms with Gasteiger partial charge in [0.25, 0.3) is 11.5 Å². The number of benzene rings is 1. The van der Waals surface area contributed by atoms with Crippen LogP contribution in [-0.2, 0) is 0 Å². The molecule has 0 fully saturated rings. The van der Waals surface area contributed by atoms with Crippen LogP contribution < -0.4 is 20.3 Å². The second-order valence-corrected chi connectivity index (χ2v) is 5.26. The van der Waals surface area contributed by atoms with Crippen molar-refractivity contribution < 1.29 is 14.3 Å². The van der Waals surface area contributed by atoms with E-state index in [-0.39, 0.29) is 23.2 Å². The lowest BCUT2D eigenvalue weighted by atomic mass is 10.1. The lowest BCUT2D eigenvalue weighted by molar-refractivity contribution is 0.0933. The molecule has 0 radical (unpaired) electrons. The number of amides is 1. The van der Waals surface area contributed by atoms with E-state index in [0.717, 1.165) is 12.0 Å². The molecule has 128 valence electrons. The van der Waals surface area contributed by atoms with Gasteiger partial charge in [0.2, 0.25) is 0 Å². The van der Waals surface area contributed by atoms with Gasteiger partial charge in [0.05, 0.1) is 19.8 Å². The maximum absolute atomic E-state index is 12.2. The Kier molecular flexibility index (Phi) is 5.95. The molecule has 2 aromatic rings. The van der Waals surface area contributed by atoms with Gasteiger partial charge in [-0.05, 0) is 37.1 Å². The summed E-state index contributed by atoms with van der Waals surface area (Å²) < 4.78 is 11.0. The van der Waals surface area contributed by atoms with Gasteiger partial charge >= 0.3 is 0 Å². The van der Waals surface area contributed by atoms with Crippen molar-refractivity contribution in [1.29, 1.82) is 0 Å². The quantitative estimate of drug-likeness (QED) is 0.810. The van der Waals surface area contributed by atoms with E-state index in [0.29, 0.717) is 18.1 Å². The van der Waals surface area contributed by atoms with Crippen LogP contribution in [0.5, 0.6) is 11.5 Å². The zero-order chi connectivity index (χ0) is 17.5. The Bertz CT molecular complexity index is 737. The van der Waals surface area contributed by atoms with Crippen LogP contribution in [0.4, 0.5) is 0 Å². The highest BCUT2D eigenvalue weighted by atomic mass is 16.5. The van der Waals surface area contributed by atoms with Crippen LogP contribution in [0, 0.1) is 0 Å². The number of nitrogens with one attached hydrogen (secondary N) is 2. The standard InChI is InChI=1S/C17H21N3O4/c1-4-9-24-14-7-5-12(10-15(14)23-3)11(2)18-17(22)13-6-8-16(21)20-19-13/h5-8,10-11H,4,9H2,1-3H3,(H,18,22)(H,20,21). The van der Waals surface area contributed by atoms with Crippen molar-refractivity contribution in [2.75, 3.05) is 13.7 Å². The molecule has 2 N–H and O–H groups in total. The Labute approximate surface area is 140 Å². The summed E-state index contributed by atoms with van der Waals surface area (Å²) in [6.45, 7) is 4.49.